The van der Waals surface area contributed by atoms with E-state index in [1.54, 1.807) is 0 Å². The lowest BCUT2D eigenvalue weighted by Crippen LogP contribution is -2.39. The molecule has 1 aliphatic carbocycles. The van der Waals surface area contributed by atoms with Gasteiger partial charge in [-0.1, -0.05) is 64.7 Å². The first kappa shape index (κ1) is 17.3. The molecule has 0 aromatic rings. The van der Waals surface area contributed by atoms with Crippen LogP contribution in [0.1, 0.15) is 84.0 Å². The van der Waals surface area contributed by atoms with E-state index in [-0.39, 0.29) is 0 Å². The lowest BCUT2D eigenvalue weighted by Gasteiger charge is -2.31. The van der Waals surface area contributed by atoms with Crippen molar-refractivity contribution in [3.05, 3.63) is 0 Å². The van der Waals surface area contributed by atoms with Crippen molar-refractivity contribution in [1.29, 1.82) is 0 Å². The summed E-state index contributed by atoms with van der Waals surface area (Å²) in [5.74, 6) is 1.57. The van der Waals surface area contributed by atoms with E-state index in [2.05, 4.69) is 12.2 Å². The van der Waals surface area contributed by atoms with Gasteiger partial charge in [-0.3, -0.25) is 0 Å². The van der Waals surface area contributed by atoms with Crippen LogP contribution in [0.3, 0.4) is 0 Å². The number of alkyl halides is 1. The van der Waals surface area contributed by atoms with Crippen LogP contribution in [0.2, 0.25) is 0 Å². The average molecular weight is 288 g/mol. The molecular formula is C17H34ClN. The Balaban J connectivity index is 1.89. The molecule has 0 bridgehead atoms. The molecule has 0 spiro atoms. The maximum Gasteiger partial charge on any atom is 0.0266 e. The molecule has 19 heavy (non-hydrogen) atoms. The van der Waals surface area contributed by atoms with Crippen LogP contribution in [-0.2, 0) is 0 Å². The van der Waals surface area contributed by atoms with Gasteiger partial charge in [0.2, 0.25) is 0 Å². The fraction of sp³-hybridized carbons (Fsp3) is 1.00. The summed E-state index contributed by atoms with van der Waals surface area (Å²) in [5.41, 5.74) is 0. The zero-order chi connectivity index (χ0) is 13.8. The van der Waals surface area contributed by atoms with Crippen molar-refractivity contribution in [1.82, 2.24) is 5.32 Å². The Hall–Kier alpha value is 0.250. The highest BCUT2D eigenvalue weighted by Gasteiger charge is 2.23. The molecule has 0 aromatic carbocycles. The Bertz CT molecular complexity index is 196. The second kappa shape index (κ2) is 12.0. The molecule has 2 unspecified atom stereocenters. The molecule has 0 radical (unpaired) electrons. The lowest BCUT2D eigenvalue weighted by molar-refractivity contribution is 0.282. The van der Waals surface area contributed by atoms with Gasteiger partial charge in [0, 0.05) is 11.9 Å². The standard InChI is InChI=1S/C17H34ClN/c1-2-3-4-5-6-7-8-11-14-19-17-13-10-9-12-16(17)15-18/h16-17,19H,2-15H2,1H3. The predicted octanol–water partition coefficient (Wildman–Crippen LogP) is 5.51. The zero-order valence-corrected chi connectivity index (χ0v) is 13.7. The van der Waals surface area contributed by atoms with E-state index in [0.29, 0.717) is 6.04 Å². The molecule has 0 heterocycles. The number of rotatable bonds is 11. The monoisotopic (exact) mass is 287 g/mol. The van der Waals surface area contributed by atoms with Gasteiger partial charge in [-0.2, -0.15) is 0 Å². The highest BCUT2D eigenvalue weighted by atomic mass is 35.5. The second-order valence-corrected chi connectivity index (χ2v) is 6.54. The third kappa shape index (κ3) is 8.19. The molecule has 1 N–H and O–H groups in total. The lowest BCUT2D eigenvalue weighted by atomic mass is 9.86. The largest absolute Gasteiger partial charge is 0.314 e. The van der Waals surface area contributed by atoms with Crippen LogP contribution < -0.4 is 5.32 Å². The van der Waals surface area contributed by atoms with E-state index in [4.69, 9.17) is 11.6 Å². The van der Waals surface area contributed by atoms with Gasteiger partial charge in [-0.25, -0.2) is 0 Å². The topological polar surface area (TPSA) is 12.0 Å². The van der Waals surface area contributed by atoms with Crippen molar-refractivity contribution < 1.29 is 0 Å². The Morgan fingerprint density at radius 1 is 0.895 bits per heavy atom. The van der Waals surface area contributed by atoms with E-state index < -0.39 is 0 Å². The third-order valence-electron chi connectivity index (χ3n) is 4.54. The smallest absolute Gasteiger partial charge is 0.0266 e. The molecule has 1 saturated carbocycles. The van der Waals surface area contributed by atoms with Gasteiger partial charge < -0.3 is 5.32 Å². The number of hydrogen-bond acceptors (Lipinski definition) is 1. The Morgan fingerprint density at radius 3 is 2.21 bits per heavy atom. The molecule has 1 fully saturated rings. The minimum Gasteiger partial charge on any atom is -0.314 e. The Kier molecular flexibility index (Phi) is 11.0. The van der Waals surface area contributed by atoms with Crippen LogP contribution in [0.4, 0.5) is 0 Å². The van der Waals surface area contributed by atoms with Crippen molar-refractivity contribution in [3.63, 3.8) is 0 Å². The Morgan fingerprint density at radius 2 is 1.53 bits per heavy atom. The van der Waals surface area contributed by atoms with Crippen LogP contribution >= 0.6 is 11.6 Å². The first-order chi connectivity index (χ1) is 9.38. The van der Waals surface area contributed by atoms with Crippen molar-refractivity contribution in [2.75, 3.05) is 12.4 Å². The summed E-state index contributed by atoms with van der Waals surface area (Å²) in [5, 5.41) is 3.75. The number of hydrogen-bond donors (Lipinski definition) is 1. The quantitative estimate of drug-likeness (QED) is 0.390. The van der Waals surface area contributed by atoms with Crippen molar-refractivity contribution in [3.8, 4) is 0 Å². The van der Waals surface area contributed by atoms with Gasteiger partial charge in [0.1, 0.15) is 0 Å². The van der Waals surface area contributed by atoms with E-state index in [9.17, 15) is 0 Å². The van der Waals surface area contributed by atoms with Crippen LogP contribution in [-0.4, -0.2) is 18.5 Å². The van der Waals surface area contributed by atoms with Crippen molar-refractivity contribution >= 4 is 11.6 Å². The zero-order valence-electron chi connectivity index (χ0n) is 12.9. The van der Waals surface area contributed by atoms with Gasteiger partial charge >= 0.3 is 0 Å². The normalized spacial score (nSPS) is 23.7. The summed E-state index contributed by atoms with van der Waals surface area (Å²) < 4.78 is 0. The van der Waals surface area contributed by atoms with Crippen LogP contribution in [0.15, 0.2) is 0 Å². The highest BCUT2D eigenvalue weighted by Crippen LogP contribution is 2.25. The van der Waals surface area contributed by atoms with Crippen molar-refractivity contribution in [2.24, 2.45) is 5.92 Å². The summed E-state index contributed by atoms with van der Waals surface area (Å²) in [6, 6.07) is 0.704. The fourth-order valence-corrected chi connectivity index (χ4v) is 3.58. The molecule has 2 atom stereocenters. The van der Waals surface area contributed by atoms with Gasteiger partial charge in [-0.05, 0) is 31.7 Å². The SMILES string of the molecule is CCCCCCCCCCNC1CCCCC1CCl. The van der Waals surface area contributed by atoms with E-state index in [1.807, 2.05) is 0 Å². The molecular weight excluding hydrogens is 254 g/mol. The minimum atomic E-state index is 0.704. The summed E-state index contributed by atoms with van der Waals surface area (Å²) in [4.78, 5) is 0. The van der Waals surface area contributed by atoms with Crippen molar-refractivity contribution in [2.45, 2.75) is 90.0 Å². The summed E-state index contributed by atoms with van der Waals surface area (Å²) in [6.45, 7) is 3.48. The van der Waals surface area contributed by atoms with Gasteiger partial charge in [0.25, 0.3) is 0 Å². The highest BCUT2D eigenvalue weighted by molar-refractivity contribution is 6.18. The number of unbranched alkanes of at least 4 members (excludes halogenated alkanes) is 7. The fourth-order valence-electron chi connectivity index (χ4n) is 3.21. The van der Waals surface area contributed by atoms with Gasteiger partial charge in [-0.15, -0.1) is 11.6 Å². The van der Waals surface area contributed by atoms with E-state index in [0.717, 1.165) is 11.8 Å². The average Bonchev–Trinajstić information content (AvgIpc) is 2.46. The molecule has 0 aliphatic heterocycles. The van der Waals surface area contributed by atoms with Crippen LogP contribution in [0, 0.1) is 5.92 Å². The molecule has 114 valence electrons. The first-order valence-corrected chi connectivity index (χ1v) is 9.21. The maximum absolute atomic E-state index is 6.06. The van der Waals surface area contributed by atoms with E-state index in [1.165, 1.54) is 83.6 Å². The Labute approximate surface area is 125 Å². The van der Waals surface area contributed by atoms with Crippen LogP contribution in [0.25, 0.3) is 0 Å². The predicted molar refractivity (Wildman–Crippen MR) is 87.1 cm³/mol. The van der Waals surface area contributed by atoms with Gasteiger partial charge in [0.15, 0.2) is 0 Å². The van der Waals surface area contributed by atoms with Crippen LogP contribution in [0.5, 0.6) is 0 Å². The summed E-state index contributed by atoms with van der Waals surface area (Å²) in [7, 11) is 0. The molecule has 1 aliphatic rings. The summed E-state index contributed by atoms with van der Waals surface area (Å²) in [6.07, 6.45) is 16.7. The minimum absolute atomic E-state index is 0.704. The third-order valence-corrected chi connectivity index (χ3v) is 4.94. The van der Waals surface area contributed by atoms with E-state index >= 15 is 0 Å². The molecule has 0 saturated heterocycles. The molecule has 1 nitrogen and oxygen atoms in total. The molecule has 0 aromatic heterocycles. The first-order valence-electron chi connectivity index (χ1n) is 8.67. The molecule has 1 rings (SSSR count). The number of halogens is 1. The number of nitrogens with one attached hydrogen (secondary N) is 1. The van der Waals surface area contributed by atoms with Gasteiger partial charge in [0.05, 0.1) is 0 Å². The maximum atomic E-state index is 6.06. The molecule has 2 heteroatoms. The summed E-state index contributed by atoms with van der Waals surface area (Å²) >= 11 is 6.06. The molecule has 0 amide bonds. The second-order valence-electron chi connectivity index (χ2n) is 6.23.